The first-order valence-electron chi connectivity index (χ1n) is 5.44. The summed E-state index contributed by atoms with van der Waals surface area (Å²) in [6, 6.07) is 8.48. The summed E-state index contributed by atoms with van der Waals surface area (Å²) in [6.45, 7) is 2.06. The zero-order chi connectivity index (χ0) is 11.6. The second-order valence-electron chi connectivity index (χ2n) is 4.19. The number of thioether (sulfide) groups is 1. The summed E-state index contributed by atoms with van der Waals surface area (Å²) in [6.07, 6.45) is 3.20. The predicted octanol–water partition coefficient (Wildman–Crippen LogP) is 3.54. The summed E-state index contributed by atoms with van der Waals surface area (Å²) in [5.41, 5.74) is 1.19. The van der Waals surface area contributed by atoms with Gasteiger partial charge in [0.25, 0.3) is 0 Å². The molecule has 1 aliphatic carbocycles. The van der Waals surface area contributed by atoms with Crippen molar-refractivity contribution in [3.05, 3.63) is 23.8 Å². The Morgan fingerprint density at radius 2 is 2.19 bits per heavy atom. The van der Waals surface area contributed by atoms with Crippen LogP contribution in [-0.2, 0) is 0 Å². The maximum absolute atomic E-state index is 9.19. The normalized spacial score (nSPS) is 17.3. The molecule has 16 heavy (non-hydrogen) atoms. The molecule has 2 rings (SSSR count). The van der Waals surface area contributed by atoms with E-state index in [0.717, 1.165) is 18.6 Å². The molecule has 84 valence electrons. The number of hydrogen-bond acceptors (Lipinski definition) is 3. The van der Waals surface area contributed by atoms with E-state index in [9.17, 15) is 5.26 Å². The topological polar surface area (TPSA) is 33.0 Å². The van der Waals surface area contributed by atoms with Gasteiger partial charge < -0.3 is 4.74 Å². The number of benzene rings is 1. The number of nitrogens with zero attached hydrogens (tertiary/aromatic N) is 1. The van der Waals surface area contributed by atoms with Crippen LogP contribution in [0.3, 0.4) is 0 Å². The molecule has 0 saturated heterocycles. The molecule has 0 aliphatic heterocycles. The van der Waals surface area contributed by atoms with Crippen molar-refractivity contribution in [3.63, 3.8) is 0 Å². The van der Waals surface area contributed by atoms with Gasteiger partial charge in [-0.15, -0.1) is 11.8 Å². The zero-order valence-corrected chi connectivity index (χ0v) is 10.4. The van der Waals surface area contributed by atoms with Gasteiger partial charge in [-0.25, -0.2) is 0 Å². The fourth-order valence-corrected chi connectivity index (χ4v) is 3.12. The van der Waals surface area contributed by atoms with Gasteiger partial charge in [-0.05, 0) is 49.9 Å². The van der Waals surface area contributed by atoms with Gasteiger partial charge in [0.2, 0.25) is 0 Å². The van der Waals surface area contributed by atoms with Crippen molar-refractivity contribution in [2.75, 3.05) is 7.11 Å². The molecule has 1 aliphatic rings. The first kappa shape index (κ1) is 11.3. The SMILES string of the molecule is COc1ccc(SC2(C#N)CCC2)c(C)c1. The third kappa shape index (κ3) is 2.03. The number of hydrogen-bond donors (Lipinski definition) is 0. The van der Waals surface area contributed by atoms with Crippen LogP contribution in [0.25, 0.3) is 0 Å². The van der Waals surface area contributed by atoms with Crippen LogP contribution in [0.15, 0.2) is 23.1 Å². The Labute approximate surface area is 101 Å². The highest BCUT2D eigenvalue weighted by Crippen LogP contribution is 2.48. The smallest absolute Gasteiger partial charge is 0.119 e. The molecule has 0 aromatic heterocycles. The zero-order valence-electron chi connectivity index (χ0n) is 9.62. The lowest BCUT2D eigenvalue weighted by Gasteiger charge is -2.34. The molecule has 2 nitrogen and oxygen atoms in total. The van der Waals surface area contributed by atoms with Crippen LogP contribution >= 0.6 is 11.8 Å². The molecule has 1 aromatic carbocycles. The molecule has 3 heteroatoms. The minimum absolute atomic E-state index is 0.167. The van der Waals surface area contributed by atoms with Crippen LogP contribution in [0, 0.1) is 18.3 Å². The van der Waals surface area contributed by atoms with Crippen LogP contribution < -0.4 is 4.74 Å². The third-order valence-electron chi connectivity index (χ3n) is 3.05. The van der Waals surface area contributed by atoms with E-state index in [4.69, 9.17) is 4.74 Å². The fourth-order valence-electron chi connectivity index (χ4n) is 1.81. The highest BCUT2D eigenvalue weighted by Gasteiger charge is 2.38. The average Bonchev–Trinajstić information content (AvgIpc) is 2.25. The van der Waals surface area contributed by atoms with Gasteiger partial charge >= 0.3 is 0 Å². The van der Waals surface area contributed by atoms with E-state index >= 15 is 0 Å². The van der Waals surface area contributed by atoms with Crippen molar-refractivity contribution >= 4 is 11.8 Å². The van der Waals surface area contributed by atoms with Crippen molar-refractivity contribution in [2.24, 2.45) is 0 Å². The van der Waals surface area contributed by atoms with Crippen LogP contribution in [0.2, 0.25) is 0 Å². The van der Waals surface area contributed by atoms with Crippen molar-refractivity contribution < 1.29 is 4.74 Å². The van der Waals surface area contributed by atoms with E-state index < -0.39 is 0 Å². The maximum Gasteiger partial charge on any atom is 0.119 e. The lowest BCUT2D eigenvalue weighted by Crippen LogP contribution is -2.31. The van der Waals surface area contributed by atoms with E-state index in [1.165, 1.54) is 16.9 Å². The maximum atomic E-state index is 9.19. The highest BCUT2D eigenvalue weighted by molar-refractivity contribution is 8.01. The van der Waals surface area contributed by atoms with E-state index in [-0.39, 0.29) is 4.75 Å². The minimum Gasteiger partial charge on any atom is -0.497 e. The number of nitriles is 1. The molecular formula is C13H15NOS. The molecule has 0 heterocycles. The molecule has 0 radical (unpaired) electrons. The van der Waals surface area contributed by atoms with Gasteiger partial charge in [-0.2, -0.15) is 5.26 Å². The van der Waals surface area contributed by atoms with Crippen LogP contribution in [-0.4, -0.2) is 11.9 Å². The minimum atomic E-state index is -0.167. The molecule has 0 bridgehead atoms. The molecule has 0 amide bonds. The molecular weight excluding hydrogens is 218 g/mol. The molecule has 0 unspecified atom stereocenters. The monoisotopic (exact) mass is 233 g/mol. The number of rotatable bonds is 3. The van der Waals surface area contributed by atoms with Crippen LogP contribution in [0.5, 0.6) is 5.75 Å². The Morgan fingerprint density at radius 3 is 2.62 bits per heavy atom. The van der Waals surface area contributed by atoms with Gasteiger partial charge in [0.15, 0.2) is 0 Å². The second kappa shape index (κ2) is 4.39. The quantitative estimate of drug-likeness (QED) is 0.800. The van der Waals surface area contributed by atoms with Crippen LogP contribution in [0.1, 0.15) is 24.8 Å². The Kier molecular flexibility index (Phi) is 3.11. The Morgan fingerprint density at radius 1 is 1.44 bits per heavy atom. The average molecular weight is 233 g/mol. The van der Waals surface area contributed by atoms with Crippen molar-refractivity contribution in [1.29, 1.82) is 5.26 Å². The lowest BCUT2D eigenvalue weighted by molar-refractivity contribution is 0.414. The summed E-state index contributed by atoms with van der Waals surface area (Å²) in [7, 11) is 1.67. The third-order valence-corrected chi connectivity index (χ3v) is 4.62. The Balaban J connectivity index is 2.19. The Bertz CT molecular complexity index is 432. The summed E-state index contributed by atoms with van der Waals surface area (Å²) in [5.74, 6) is 0.876. The number of ether oxygens (including phenoxy) is 1. The molecule has 1 fully saturated rings. The van der Waals surface area contributed by atoms with Gasteiger partial charge in [0.05, 0.1) is 13.2 Å². The van der Waals surface area contributed by atoms with Gasteiger partial charge in [-0.3, -0.25) is 0 Å². The van der Waals surface area contributed by atoms with Gasteiger partial charge in [-0.1, -0.05) is 0 Å². The lowest BCUT2D eigenvalue weighted by atomic mass is 9.86. The molecule has 0 spiro atoms. The molecule has 0 atom stereocenters. The second-order valence-corrected chi connectivity index (χ2v) is 5.62. The summed E-state index contributed by atoms with van der Waals surface area (Å²) < 4.78 is 5.01. The number of methoxy groups -OCH3 is 1. The summed E-state index contributed by atoms with van der Waals surface area (Å²) in [5, 5.41) is 9.19. The molecule has 0 N–H and O–H groups in total. The Hall–Kier alpha value is -1.14. The van der Waals surface area contributed by atoms with Crippen molar-refractivity contribution in [3.8, 4) is 11.8 Å². The standard InChI is InChI=1S/C13H15NOS/c1-10-8-11(15-2)4-5-12(10)16-13(9-14)6-3-7-13/h4-5,8H,3,6-7H2,1-2H3. The number of aryl methyl sites for hydroxylation is 1. The van der Waals surface area contributed by atoms with E-state index in [0.29, 0.717) is 0 Å². The molecule has 1 aromatic rings. The predicted molar refractivity (Wildman–Crippen MR) is 65.8 cm³/mol. The van der Waals surface area contributed by atoms with Crippen LogP contribution in [0.4, 0.5) is 0 Å². The van der Waals surface area contributed by atoms with Crippen molar-refractivity contribution in [1.82, 2.24) is 0 Å². The summed E-state index contributed by atoms with van der Waals surface area (Å²) >= 11 is 1.71. The van der Waals surface area contributed by atoms with E-state index in [2.05, 4.69) is 19.1 Å². The first-order chi connectivity index (χ1) is 7.69. The van der Waals surface area contributed by atoms with E-state index in [1.807, 2.05) is 12.1 Å². The fraction of sp³-hybridized carbons (Fsp3) is 0.462. The largest absolute Gasteiger partial charge is 0.497 e. The van der Waals surface area contributed by atoms with Crippen molar-refractivity contribution in [2.45, 2.75) is 35.8 Å². The van der Waals surface area contributed by atoms with Gasteiger partial charge in [0, 0.05) is 4.90 Å². The molecule has 1 saturated carbocycles. The first-order valence-corrected chi connectivity index (χ1v) is 6.26. The summed E-state index contributed by atoms with van der Waals surface area (Å²) in [4.78, 5) is 1.20. The highest BCUT2D eigenvalue weighted by atomic mass is 32.2. The van der Waals surface area contributed by atoms with E-state index in [1.54, 1.807) is 18.9 Å². The van der Waals surface area contributed by atoms with Gasteiger partial charge in [0.1, 0.15) is 10.5 Å².